The van der Waals surface area contributed by atoms with Gasteiger partial charge in [-0.3, -0.25) is 9.69 Å². The third-order valence-electron chi connectivity index (χ3n) is 5.29. The Morgan fingerprint density at radius 3 is 2.83 bits per heavy atom. The molecule has 1 saturated carbocycles. The molecule has 0 N–H and O–H groups in total. The van der Waals surface area contributed by atoms with Crippen LogP contribution in [0, 0.1) is 5.92 Å². The lowest BCUT2D eigenvalue weighted by molar-refractivity contribution is -0.137. The lowest BCUT2D eigenvalue weighted by Crippen LogP contribution is -2.38. The second-order valence-corrected chi connectivity index (χ2v) is 7.31. The Kier molecular flexibility index (Phi) is 4.40. The van der Waals surface area contributed by atoms with Crippen molar-refractivity contribution >= 4 is 5.91 Å². The van der Waals surface area contributed by atoms with Crippen molar-refractivity contribution in [1.29, 1.82) is 0 Å². The smallest absolute Gasteiger partial charge is 0.248 e. The molecule has 23 heavy (non-hydrogen) atoms. The maximum absolute atomic E-state index is 12.2. The summed E-state index contributed by atoms with van der Waals surface area (Å²) in [5.41, 5.74) is 1.36. The highest BCUT2D eigenvalue weighted by Gasteiger charge is 2.29. The van der Waals surface area contributed by atoms with Crippen LogP contribution >= 0.6 is 0 Å². The molecule has 3 aliphatic rings. The van der Waals surface area contributed by atoms with Gasteiger partial charge in [0.1, 0.15) is 6.61 Å². The topological polar surface area (TPSA) is 37.7 Å². The largest absolute Gasteiger partial charge is 0.365 e. The number of hydrogen-bond donors (Lipinski definition) is 0. The van der Waals surface area contributed by atoms with E-state index in [1.807, 2.05) is 4.90 Å². The normalized spacial score (nSPS) is 25.4. The minimum atomic E-state index is 0.106. The van der Waals surface area contributed by atoms with Gasteiger partial charge in [0.05, 0.1) is 6.10 Å². The lowest BCUT2D eigenvalue weighted by Gasteiger charge is -2.24. The minimum absolute atomic E-state index is 0.106. The summed E-state index contributed by atoms with van der Waals surface area (Å²) in [5.74, 6) is 1.04. The molecule has 1 aliphatic carbocycles. The summed E-state index contributed by atoms with van der Waals surface area (Å²) in [6.45, 7) is 6.01. The van der Waals surface area contributed by atoms with Crippen LogP contribution in [0.2, 0.25) is 0 Å². The summed E-state index contributed by atoms with van der Waals surface area (Å²) in [6.07, 6.45) is 7.25. The van der Waals surface area contributed by atoms with Gasteiger partial charge in [-0.1, -0.05) is 0 Å². The van der Waals surface area contributed by atoms with Crippen LogP contribution in [-0.4, -0.2) is 59.2 Å². The number of aromatic nitrogens is 1. The molecule has 1 aromatic rings. The van der Waals surface area contributed by atoms with Crippen molar-refractivity contribution in [2.45, 2.75) is 44.9 Å². The Labute approximate surface area is 138 Å². The summed E-state index contributed by atoms with van der Waals surface area (Å²) in [4.78, 5) is 16.7. The van der Waals surface area contributed by atoms with E-state index in [1.54, 1.807) is 0 Å². The fourth-order valence-electron chi connectivity index (χ4n) is 3.79. The number of nitrogens with zero attached hydrogens (tertiary/aromatic N) is 3. The number of amides is 1. The summed E-state index contributed by atoms with van der Waals surface area (Å²) in [6, 6.07) is 4.32. The summed E-state index contributed by atoms with van der Waals surface area (Å²) >= 11 is 0. The number of carbonyl (C=O) groups excluding carboxylic acids is 1. The molecule has 0 spiro atoms. The third kappa shape index (κ3) is 3.78. The van der Waals surface area contributed by atoms with Crippen LogP contribution in [0.3, 0.4) is 0 Å². The van der Waals surface area contributed by atoms with E-state index in [2.05, 4.69) is 27.8 Å². The van der Waals surface area contributed by atoms with Gasteiger partial charge < -0.3 is 14.2 Å². The Bertz CT molecular complexity index is 546. The van der Waals surface area contributed by atoms with Crippen LogP contribution in [-0.2, 0) is 22.6 Å². The Hall–Kier alpha value is -1.33. The molecule has 126 valence electrons. The summed E-state index contributed by atoms with van der Waals surface area (Å²) in [7, 11) is 0. The van der Waals surface area contributed by atoms with Crippen molar-refractivity contribution < 1.29 is 9.53 Å². The first-order valence-corrected chi connectivity index (χ1v) is 9.03. The van der Waals surface area contributed by atoms with Gasteiger partial charge in [-0.05, 0) is 43.7 Å². The molecule has 0 unspecified atom stereocenters. The van der Waals surface area contributed by atoms with Crippen molar-refractivity contribution in [2.24, 2.45) is 5.92 Å². The SMILES string of the molecule is O=C(CO[C@H]1CN(CC2CC2)Cc2cccn2C1)N1CCCC1. The summed E-state index contributed by atoms with van der Waals surface area (Å²) in [5, 5.41) is 0. The minimum Gasteiger partial charge on any atom is -0.365 e. The van der Waals surface area contributed by atoms with Gasteiger partial charge in [-0.2, -0.15) is 0 Å². The molecule has 1 saturated heterocycles. The molecular weight excluding hydrogens is 290 g/mol. The second-order valence-electron chi connectivity index (χ2n) is 7.31. The number of fused-ring (bicyclic) bond motifs is 1. The first-order valence-electron chi connectivity index (χ1n) is 9.03. The molecule has 5 nitrogen and oxygen atoms in total. The number of likely N-dealkylation sites (tertiary alicyclic amines) is 1. The van der Waals surface area contributed by atoms with Gasteiger partial charge in [-0.15, -0.1) is 0 Å². The van der Waals surface area contributed by atoms with Gasteiger partial charge >= 0.3 is 0 Å². The van der Waals surface area contributed by atoms with Crippen LogP contribution in [0.5, 0.6) is 0 Å². The highest BCUT2D eigenvalue weighted by atomic mass is 16.5. The number of rotatable bonds is 5. The maximum atomic E-state index is 12.2. The Balaban J connectivity index is 1.37. The molecule has 4 rings (SSSR count). The van der Waals surface area contributed by atoms with Gasteiger partial charge in [0, 0.05) is 51.2 Å². The average molecular weight is 317 g/mol. The highest BCUT2D eigenvalue weighted by Crippen LogP contribution is 2.31. The fraction of sp³-hybridized carbons (Fsp3) is 0.722. The molecule has 1 aromatic heterocycles. The van der Waals surface area contributed by atoms with Crippen LogP contribution in [0.25, 0.3) is 0 Å². The average Bonchev–Trinajstić information content (AvgIpc) is 3.05. The second kappa shape index (κ2) is 6.65. The quantitative estimate of drug-likeness (QED) is 0.830. The first-order chi connectivity index (χ1) is 11.3. The van der Waals surface area contributed by atoms with Gasteiger partial charge in [0.15, 0.2) is 0 Å². The van der Waals surface area contributed by atoms with E-state index >= 15 is 0 Å². The standard InChI is InChI=1S/C18H27N3O2/c22-18(20-7-1-2-8-20)14-23-17-12-19(10-15-5-6-15)11-16-4-3-9-21(16)13-17/h3-4,9,15,17H,1-2,5-8,10-14H2/t17-/m0/s1. The van der Waals surface area contributed by atoms with E-state index in [4.69, 9.17) is 4.74 Å². The summed E-state index contributed by atoms with van der Waals surface area (Å²) < 4.78 is 8.33. The Morgan fingerprint density at radius 2 is 2.04 bits per heavy atom. The first kappa shape index (κ1) is 15.2. The van der Waals surface area contributed by atoms with Crippen molar-refractivity contribution in [3.63, 3.8) is 0 Å². The van der Waals surface area contributed by atoms with E-state index in [-0.39, 0.29) is 18.6 Å². The third-order valence-corrected chi connectivity index (χ3v) is 5.29. The van der Waals surface area contributed by atoms with E-state index in [9.17, 15) is 4.79 Å². The number of ether oxygens (including phenoxy) is 1. The van der Waals surface area contributed by atoms with Gasteiger partial charge in [0.25, 0.3) is 0 Å². The van der Waals surface area contributed by atoms with E-state index < -0.39 is 0 Å². The van der Waals surface area contributed by atoms with Crippen molar-refractivity contribution in [3.8, 4) is 0 Å². The van der Waals surface area contributed by atoms with Crippen molar-refractivity contribution in [2.75, 3.05) is 32.8 Å². The van der Waals surface area contributed by atoms with Crippen molar-refractivity contribution in [3.05, 3.63) is 24.0 Å². The molecule has 0 radical (unpaired) electrons. The van der Waals surface area contributed by atoms with Crippen LogP contribution in [0.15, 0.2) is 18.3 Å². The predicted molar refractivity (Wildman–Crippen MR) is 88.0 cm³/mol. The van der Waals surface area contributed by atoms with E-state index in [1.165, 1.54) is 25.1 Å². The van der Waals surface area contributed by atoms with Gasteiger partial charge in [-0.25, -0.2) is 0 Å². The zero-order valence-electron chi connectivity index (χ0n) is 13.8. The molecule has 2 fully saturated rings. The zero-order chi connectivity index (χ0) is 15.6. The zero-order valence-corrected chi connectivity index (χ0v) is 13.8. The predicted octanol–water partition coefficient (Wildman–Crippen LogP) is 1.72. The fourth-order valence-corrected chi connectivity index (χ4v) is 3.79. The van der Waals surface area contributed by atoms with E-state index in [0.29, 0.717) is 0 Å². The molecule has 1 atom stereocenters. The molecule has 1 amide bonds. The van der Waals surface area contributed by atoms with Crippen LogP contribution < -0.4 is 0 Å². The number of carbonyl (C=O) groups is 1. The molecule has 3 heterocycles. The monoisotopic (exact) mass is 317 g/mol. The maximum Gasteiger partial charge on any atom is 0.248 e. The number of hydrogen-bond acceptors (Lipinski definition) is 3. The van der Waals surface area contributed by atoms with Crippen molar-refractivity contribution in [1.82, 2.24) is 14.4 Å². The molecular formula is C18H27N3O2. The van der Waals surface area contributed by atoms with Crippen LogP contribution in [0.4, 0.5) is 0 Å². The molecule has 0 aromatic carbocycles. The highest BCUT2D eigenvalue weighted by molar-refractivity contribution is 5.77. The van der Waals surface area contributed by atoms with Crippen LogP contribution in [0.1, 0.15) is 31.4 Å². The van der Waals surface area contributed by atoms with Gasteiger partial charge in [0.2, 0.25) is 5.91 Å². The Morgan fingerprint density at radius 1 is 1.22 bits per heavy atom. The molecule has 5 heteroatoms. The lowest BCUT2D eigenvalue weighted by atomic mass is 10.3. The molecule has 0 bridgehead atoms. The van der Waals surface area contributed by atoms with E-state index in [0.717, 1.165) is 51.5 Å². The molecule has 2 aliphatic heterocycles.